The van der Waals surface area contributed by atoms with Crippen molar-refractivity contribution in [2.24, 2.45) is 0 Å². The third kappa shape index (κ3) is 1.05. The molecule has 0 saturated heterocycles. The highest BCUT2D eigenvalue weighted by Crippen LogP contribution is 2.26. The minimum absolute atomic E-state index is 0.402. The molecule has 1 aromatic carbocycles. The van der Waals surface area contributed by atoms with Crippen molar-refractivity contribution < 1.29 is 0 Å². The van der Waals surface area contributed by atoms with Crippen molar-refractivity contribution in [3.63, 3.8) is 0 Å². The molecule has 12 heavy (non-hydrogen) atoms. The molecule has 1 heterocycles. The summed E-state index contributed by atoms with van der Waals surface area (Å²) in [5.74, 6) is 0.402. The van der Waals surface area contributed by atoms with Gasteiger partial charge in [0.2, 0.25) is 0 Å². The van der Waals surface area contributed by atoms with Crippen LogP contribution in [-0.4, -0.2) is 9.97 Å². The highest BCUT2D eigenvalue weighted by Gasteiger charge is 2.05. The number of anilines is 1. The van der Waals surface area contributed by atoms with E-state index in [1.807, 2.05) is 12.1 Å². The lowest BCUT2D eigenvalue weighted by Crippen LogP contribution is -1.84. The predicted molar refractivity (Wildman–Crippen MR) is 55.0 cm³/mol. The van der Waals surface area contributed by atoms with Crippen LogP contribution >= 0.6 is 25.3 Å². The number of benzene rings is 1. The van der Waals surface area contributed by atoms with Crippen LogP contribution in [0.3, 0.4) is 0 Å². The van der Waals surface area contributed by atoms with Gasteiger partial charge < -0.3 is 10.7 Å². The lowest BCUT2D eigenvalue weighted by molar-refractivity contribution is 1.28. The molecule has 3 N–H and O–H groups in total. The standard InChI is InChI=1S/C7H7N3S2/c8-7-9-3-1-2-4(11)6(12)5(3)10-7/h1-2,11-12H,(H3,8,9,10). The van der Waals surface area contributed by atoms with Gasteiger partial charge in [-0.2, -0.15) is 0 Å². The van der Waals surface area contributed by atoms with E-state index in [2.05, 4.69) is 35.2 Å². The van der Waals surface area contributed by atoms with Gasteiger partial charge in [0.05, 0.1) is 5.52 Å². The second-order valence-electron chi connectivity index (χ2n) is 2.45. The number of aromatic amines is 1. The second kappa shape index (κ2) is 2.60. The number of hydrogen-bond acceptors (Lipinski definition) is 4. The number of thiol groups is 2. The zero-order chi connectivity index (χ0) is 8.72. The summed E-state index contributed by atoms with van der Waals surface area (Å²) in [5.41, 5.74) is 7.14. The number of H-pyrrole nitrogens is 1. The quantitative estimate of drug-likeness (QED) is 0.486. The molecule has 0 aliphatic carbocycles. The van der Waals surface area contributed by atoms with Gasteiger partial charge in [-0.15, -0.1) is 25.3 Å². The van der Waals surface area contributed by atoms with Crippen LogP contribution < -0.4 is 5.73 Å². The summed E-state index contributed by atoms with van der Waals surface area (Å²) in [6, 6.07) is 3.73. The first-order valence-corrected chi connectivity index (χ1v) is 4.24. The lowest BCUT2D eigenvalue weighted by Gasteiger charge is -1.96. The summed E-state index contributed by atoms with van der Waals surface area (Å²) in [7, 11) is 0. The number of nitrogens with zero attached hydrogens (tertiary/aromatic N) is 1. The minimum atomic E-state index is 0.402. The molecular formula is C7H7N3S2. The van der Waals surface area contributed by atoms with Crippen LogP contribution in [-0.2, 0) is 0 Å². The molecule has 0 aliphatic rings. The van der Waals surface area contributed by atoms with E-state index >= 15 is 0 Å². The van der Waals surface area contributed by atoms with Gasteiger partial charge in [-0.1, -0.05) is 0 Å². The molecule has 1 aromatic heterocycles. The number of rotatable bonds is 0. The Morgan fingerprint density at radius 3 is 2.83 bits per heavy atom. The molecule has 0 atom stereocenters. The summed E-state index contributed by atoms with van der Waals surface area (Å²) in [6.45, 7) is 0. The van der Waals surface area contributed by atoms with Crippen molar-refractivity contribution in [3.8, 4) is 0 Å². The van der Waals surface area contributed by atoms with Gasteiger partial charge in [-0.3, -0.25) is 0 Å². The van der Waals surface area contributed by atoms with Gasteiger partial charge >= 0.3 is 0 Å². The Balaban J connectivity index is 2.89. The maximum atomic E-state index is 5.48. The maximum absolute atomic E-state index is 5.48. The molecule has 2 rings (SSSR count). The first-order valence-electron chi connectivity index (χ1n) is 3.34. The number of nitrogens with one attached hydrogen (secondary N) is 1. The molecule has 0 saturated carbocycles. The molecule has 0 radical (unpaired) electrons. The molecular weight excluding hydrogens is 190 g/mol. The van der Waals surface area contributed by atoms with Crippen LogP contribution in [0.15, 0.2) is 21.9 Å². The van der Waals surface area contributed by atoms with Crippen LogP contribution in [0.2, 0.25) is 0 Å². The fourth-order valence-corrected chi connectivity index (χ4v) is 1.49. The Labute approximate surface area is 80.2 Å². The zero-order valence-electron chi connectivity index (χ0n) is 6.07. The Hall–Kier alpha value is -0.810. The fourth-order valence-electron chi connectivity index (χ4n) is 1.07. The number of aromatic nitrogens is 2. The van der Waals surface area contributed by atoms with Crippen LogP contribution in [0.1, 0.15) is 0 Å². The number of nitrogens with two attached hydrogens (primary N) is 1. The van der Waals surface area contributed by atoms with Gasteiger partial charge in [0, 0.05) is 9.79 Å². The van der Waals surface area contributed by atoms with E-state index in [0.717, 1.165) is 20.8 Å². The van der Waals surface area contributed by atoms with E-state index < -0.39 is 0 Å². The lowest BCUT2D eigenvalue weighted by atomic mass is 10.3. The topological polar surface area (TPSA) is 54.7 Å². The average Bonchev–Trinajstić information content (AvgIpc) is 2.39. The number of imidazole rings is 1. The SMILES string of the molecule is Nc1nc2c(S)c(S)ccc2[nH]1. The summed E-state index contributed by atoms with van der Waals surface area (Å²) < 4.78 is 0. The first kappa shape index (κ1) is 7.82. The normalized spacial score (nSPS) is 10.8. The van der Waals surface area contributed by atoms with Gasteiger partial charge in [0.1, 0.15) is 5.52 Å². The zero-order valence-corrected chi connectivity index (χ0v) is 7.86. The summed E-state index contributed by atoms with van der Waals surface area (Å²) in [4.78, 5) is 8.54. The van der Waals surface area contributed by atoms with E-state index in [0.29, 0.717) is 5.95 Å². The summed E-state index contributed by atoms with van der Waals surface area (Å²) in [6.07, 6.45) is 0. The Morgan fingerprint density at radius 1 is 1.33 bits per heavy atom. The molecule has 0 spiro atoms. The largest absolute Gasteiger partial charge is 0.369 e. The van der Waals surface area contributed by atoms with Gasteiger partial charge in [0.25, 0.3) is 0 Å². The average molecular weight is 197 g/mol. The number of fused-ring (bicyclic) bond motifs is 1. The summed E-state index contributed by atoms with van der Waals surface area (Å²) in [5, 5.41) is 0. The van der Waals surface area contributed by atoms with Crippen molar-refractivity contribution in [2.45, 2.75) is 9.79 Å². The van der Waals surface area contributed by atoms with E-state index in [1.165, 1.54) is 0 Å². The van der Waals surface area contributed by atoms with E-state index in [-0.39, 0.29) is 0 Å². The molecule has 0 bridgehead atoms. The molecule has 0 aliphatic heterocycles. The van der Waals surface area contributed by atoms with E-state index in [9.17, 15) is 0 Å². The first-order chi connectivity index (χ1) is 5.68. The number of nitrogen functional groups attached to an aromatic ring is 1. The Bertz CT molecular complexity index is 435. The fraction of sp³-hybridized carbons (Fsp3) is 0. The molecule has 2 aromatic rings. The van der Waals surface area contributed by atoms with Crippen LogP contribution in [0.4, 0.5) is 5.95 Å². The van der Waals surface area contributed by atoms with Gasteiger partial charge in [-0.05, 0) is 12.1 Å². The maximum Gasteiger partial charge on any atom is 0.198 e. The van der Waals surface area contributed by atoms with Gasteiger partial charge in [0.15, 0.2) is 5.95 Å². The number of hydrogen-bond donors (Lipinski definition) is 4. The van der Waals surface area contributed by atoms with Crippen LogP contribution in [0.25, 0.3) is 11.0 Å². The van der Waals surface area contributed by atoms with Crippen LogP contribution in [0, 0.1) is 0 Å². The third-order valence-corrected chi connectivity index (χ3v) is 2.63. The second-order valence-corrected chi connectivity index (χ2v) is 3.38. The Morgan fingerprint density at radius 2 is 2.08 bits per heavy atom. The molecule has 62 valence electrons. The summed E-state index contributed by atoms with van der Waals surface area (Å²) >= 11 is 8.47. The van der Waals surface area contributed by atoms with Crippen molar-refractivity contribution in [2.75, 3.05) is 5.73 Å². The molecule has 0 fully saturated rings. The smallest absolute Gasteiger partial charge is 0.198 e. The molecule has 5 heteroatoms. The van der Waals surface area contributed by atoms with Crippen molar-refractivity contribution in [3.05, 3.63) is 12.1 Å². The molecule has 3 nitrogen and oxygen atoms in total. The van der Waals surface area contributed by atoms with E-state index in [1.54, 1.807) is 0 Å². The highest BCUT2D eigenvalue weighted by atomic mass is 32.1. The third-order valence-electron chi connectivity index (χ3n) is 1.62. The van der Waals surface area contributed by atoms with Gasteiger partial charge in [-0.25, -0.2) is 4.98 Å². The van der Waals surface area contributed by atoms with Crippen LogP contribution in [0.5, 0.6) is 0 Å². The monoisotopic (exact) mass is 197 g/mol. The van der Waals surface area contributed by atoms with E-state index in [4.69, 9.17) is 5.73 Å². The molecule has 0 unspecified atom stereocenters. The Kier molecular flexibility index (Phi) is 1.69. The predicted octanol–water partition coefficient (Wildman–Crippen LogP) is 1.72. The molecule has 0 amide bonds. The highest BCUT2D eigenvalue weighted by molar-refractivity contribution is 7.83. The van der Waals surface area contributed by atoms with Crippen molar-refractivity contribution in [1.82, 2.24) is 9.97 Å². The minimum Gasteiger partial charge on any atom is -0.369 e. The van der Waals surface area contributed by atoms with Crippen molar-refractivity contribution >= 4 is 42.2 Å². The van der Waals surface area contributed by atoms with Crippen molar-refractivity contribution in [1.29, 1.82) is 0 Å².